The van der Waals surface area contributed by atoms with E-state index in [1.807, 2.05) is 24.3 Å². The molecule has 2 fully saturated rings. The van der Waals surface area contributed by atoms with Crippen LogP contribution in [0.4, 0.5) is 0 Å². The lowest BCUT2D eigenvalue weighted by Crippen LogP contribution is -2.43. The van der Waals surface area contributed by atoms with Crippen LogP contribution in [0.5, 0.6) is 0 Å². The molecule has 2 heterocycles. The van der Waals surface area contributed by atoms with Crippen molar-refractivity contribution < 1.29 is 4.79 Å². The fourth-order valence-electron chi connectivity index (χ4n) is 3.94. The first kappa shape index (κ1) is 18.1. The first-order chi connectivity index (χ1) is 14.0. The molecule has 5 rings (SSSR count). The van der Waals surface area contributed by atoms with Crippen LogP contribution in [0.25, 0.3) is 11.0 Å². The van der Waals surface area contributed by atoms with Gasteiger partial charge in [0.25, 0.3) is 11.5 Å². The lowest BCUT2D eigenvalue weighted by Gasteiger charge is -2.36. The van der Waals surface area contributed by atoms with Crippen molar-refractivity contribution in [1.29, 1.82) is 0 Å². The highest BCUT2D eigenvalue weighted by Gasteiger charge is 2.32. The number of halogens is 1. The van der Waals surface area contributed by atoms with Crippen LogP contribution in [0, 0.1) is 0 Å². The van der Waals surface area contributed by atoms with Gasteiger partial charge in [0.15, 0.2) is 0 Å². The van der Waals surface area contributed by atoms with Crippen molar-refractivity contribution >= 4 is 28.5 Å². The summed E-state index contributed by atoms with van der Waals surface area (Å²) in [5.74, 6) is 0.144. The number of hydrogen-bond acceptors (Lipinski definition) is 4. The van der Waals surface area contributed by atoms with E-state index in [0.29, 0.717) is 22.2 Å². The number of benzene rings is 1. The Balaban J connectivity index is 1.32. The number of nitrogens with zero attached hydrogens (tertiary/aromatic N) is 2. The maximum atomic E-state index is 12.6. The third-order valence-corrected chi connectivity index (χ3v) is 6.02. The zero-order chi connectivity index (χ0) is 20.1. The Labute approximate surface area is 170 Å². The first-order valence-corrected chi connectivity index (χ1v) is 10.1. The predicted molar refractivity (Wildman–Crippen MR) is 110 cm³/mol. The molecular formula is C21H19ClN4O3. The molecule has 2 aromatic heterocycles. The Bertz CT molecular complexity index is 1220. The predicted octanol–water partition coefficient (Wildman–Crippen LogP) is 2.75. The zero-order valence-corrected chi connectivity index (χ0v) is 16.3. The van der Waals surface area contributed by atoms with Crippen molar-refractivity contribution in [2.75, 3.05) is 0 Å². The van der Waals surface area contributed by atoms with Crippen LogP contribution in [0.15, 0.2) is 46.1 Å². The second-order valence-corrected chi connectivity index (χ2v) is 8.28. The normalized spacial score (nSPS) is 21.0. The Morgan fingerprint density at radius 2 is 1.90 bits per heavy atom. The monoisotopic (exact) mass is 410 g/mol. The summed E-state index contributed by atoms with van der Waals surface area (Å²) in [5.41, 5.74) is 0.910. The van der Waals surface area contributed by atoms with E-state index in [0.717, 1.165) is 25.7 Å². The minimum atomic E-state index is -0.518. The van der Waals surface area contributed by atoms with Gasteiger partial charge in [-0.15, -0.1) is 0 Å². The van der Waals surface area contributed by atoms with Gasteiger partial charge in [0.05, 0.1) is 10.9 Å². The number of aromatic amines is 1. The minimum Gasteiger partial charge on any atom is -0.349 e. The number of carbonyl (C=O) groups excluding carboxylic acids is 1. The fraction of sp³-hybridized carbons (Fsp3) is 0.333. The average molecular weight is 411 g/mol. The van der Waals surface area contributed by atoms with E-state index in [2.05, 4.69) is 15.3 Å². The summed E-state index contributed by atoms with van der Waals surface area (Å²) < 4.78 is 1.51. The molecule has 8 heteroatoms. The van der Waals surface area contributed by atoms with E-state index in [1.165, 1.54) is 22.4 Å². The van der Waals surface area contributed by atoms with Crippen molar-refractivity contribution in [1.82, 2.24) is 19.9 Å². The number of nitrogens with one attached hydrogen (secondary N) is 2. The maximum Gasteiger partial charge on any atom is 0.330 e. The van der Waals surface area contributed by atoms with E-state index < -0.39 is 11.2 Å². The topological polar surface area (TPSA) is 96.8 Å². The molecule has 7 nitrogen and oxygen atoms in total. The number of carbonyl (C=O) groups is 1. The molecule has 2 aliphatic rings. The molecule has 0 radical (unpaired) electrons. The molecule has 1 aromatic carbocycles. The van der Waals surface area contributed by atoms with Gasteiger partial charge in [-0.25, -0.2) is 9.78 Å². The van der Waals surface area contributed by atoms with Gasteiger partial charge in [0, 0.05) is 23.3 Å². The van der Waals surface area contributed by atoms with E-state index in [4.69, 9.17) is 11.6 Å². The average Bonchev–Trinajstić information content (AvgIpc) is 3.50. The van der Waals surface area contributed by atoms with E-state index in [1.54, 1.807) is 0 Å². The number of fused-ring (bicyclic) bond motifs is 1. The summed E-state index contributed by atoms with van der Waals surface area (Å²) in [4.78, 5) is 43.6. The molecule has 0 saturated heterocycles. The molecule has 2 N–H and O–H groups in total. The lowest BCUT2D eigenvalue weighted by molar-refractivity contribution is 0.0908. The van der Waals surface area contributed by atoms with Crippen LogP contribution in [-0.2, 0) is 0 Å². The van der Waals surface area contributed by atoms with Gasteiger partial charge in [-0.2, -0.15) is 0 Å². The largest absolute Gasteiger partial charge is 0.349 e. The molecule has 0 atom stereocenters. The molecule has 1 amide bonds. The van der Waals surface area contributed by atoms with Gasteiger partial charge in [0.1, 0.15) is 5.65 Å². The molecule has 0 bridgehead atoms. The lowest BCUT2D eigenvalue weighted by atomic mass is 9.76. The highest BCUT2D eigenvalue weighted by atomic mass is 35.5. The standard InChI is InChI=1S/C21H19ClN4O3/c22-14-3-1-11(2-4-14)12-7-15(8-12)24-19(27)13-9-17-18(23-10-13)26(16-5-6-16)21(29)25-20(17)28/h1-4,9-10,12,15-16H,5-8H2,(H,24,27)(H,25,28,29). The van der Waals surface area contributed by atoms with Crippen LogP contribution in [0.3, 0.4) is 0 Å². The SMILES string of the molecule is O=C(NC1CC(c2ccc(Cl)cc2)C1)c1cnc2c(c1)c(=O)[nH]c(=O)n2C1CC1. The second-order valence-electron chi connectivity index (χ2n) is 7.85. The fourth-order valence-corrected chi connectivity index (χ4v) is 4.07. The number of H-pyrrole nitrogens is 1. The van der Waals surface area contributed by atoms with Crippen LogP contribution >= 0.6 is 11.6 Å². The number of hydrogen-bond donors (Lipinski definition) is 2. The van der Waals surface area contributed by atoms with Gasteiger partial charge >= 0.3 is 5.69 Å². The van der Waals surface area contributed by atoms with Crippen molar-refractivity contribution in [3.8, 4) is 0 Å². The summed E-state index contributed by atoms with van der Waals surface area (Å²) in [5, 5.41) is 3.98. The number of amides is 1. The molecule has 0 aliphatic heterocycles. The quantitative estimate of drug-likeness (QED) is 0.691. The third-order valence-electron chi connectivity index (χ3n) is 5.77. The van der Waals surface area contributed by atoms with Crippen LogP contribution in [0.1, 0.15) is 53.6 Å². The Hall–Kier alpha value is -2.93. The molecule has 0 unspecified atom stereocenters. The van der Waals surface area contributed by atoms with Crippen molar-refractivity contribution in [3.05, 3.63) is 73.5 Å². The van der Waals surface area contributed by atoms with Crippen LogP contribution < -0.4 is 16.6 Å². The molecule has 0 spiro atoms. The third kappa shape index (κ3) is 3.35. The van der Waals surface area contributed by atoms with Gasteiger partial charge in [-0.05, 0) is 55.4 Å². The maximum absolute atomic E-state index is 12.6. The highest BCUT2D eigenvalue weighted by Crippen LogP contribution is 2.37. The van der Waals surface area contributed by atoms with Gasteiger partial charge in [-0.3, -0.25) is 19.1 Å². The summed E-state index contributed by atoms with van der Waals surface area (Å²) in [6, 6.07) is 9.47. The van der Waals surface area contributed by atoms with E-state index in [-0.39, 0.29) is 23.4 Å². The van der Waals surface area contributed by atoms with E-state index in [9.17, 15) is 14.4 Å². The van der Waals surface area contributed by atoms with Crippen molar-refractivity contribution in [2.24, 2.45) is 0 Å². The number of pyridine rings is 1. The smallest absolute Gasteiger partial charge is 0.330 e. The first-order valence-electron chi connectivity index (χ1n) is 9.70. The number of aromatic nitrogens is 3. The second kappa shape index (κ2) is 6.84. The Kier molecular flexibility index (Phi) is 4.28. The summed E-state index contributed by atoms with van der Waals surface area (Å²) in [6.07, 6.45) is 4.93. The van der Waals surface area contributed by atoms with Gasteiger partial charge < -0.3 is 5.32 Å². The van der Waals surface area contributed by atoms with Gasteiger partial charge in [0.2, 0.25) is 0 Å². The summed E-state index contributed by atoms with van der Waals surface area (Å²) >= 11 is 5.93. The Morgan fingerprint density at radius 3 is 2.59 bits per heavy atom. The van der Waals surface area contributed by atoms with Crippen LogP contribution in [0.2, 0.25) is 5.02 Å². The molecular weight excluding hydrogens is 392 g/mol. The molecule has 29 heavy (non-hydrogen) atoms. The molecule has 148 valence electrons. The Morgan fingerprint density at radius 1 is 1.17 bits per heavy atom. The van der Waals surface area contributed by atoms with Crippen molar-refractivity contribution in [2.45, 2.75) is 43.7 Å². The summed E-state index contributed by atoms with van der Waals surface area (Å²) in [7, 11) is 0. The zero-order valence-electron chi connectivity index (χ0n) is 15.5. The van der Waals surface area contributed by atoms with E-state index >= 15 is 0 Å². The number of rotatable bonds is 4. The molecule has 2 aliphatic carbocycles. The van der Waals surface area contributed by atoms with Crippen molar-refractivity contribution in [3.63, 3.8) is 0 Å². The summed E-state index contributed by atoms with van der Waals surface area (Å²) in [6.45, 7) is 0. The molecule has 2 saturated carbocycles. The van der Waals surface area contributed by atoms with Crippen LogP contribution in [-0.4, -0.2) is 26.5 Å². The highest BCUT2D eigenvalue weighted by molar-refractivity contribution is 6.30. The molecule has 3 aromatic rings. The van der Waals surface area contributed by atoms with Gasteiger partial charge in [-0.1, -0.05) is 23.7 Å². The minimum absolute atomic E-state index is 0.0776.